The first-order valence-electron chi connectivity index (χ1n) is 11.9. The Hall–Kier alpha value is -1.32. The minimum absolute atomic E-state index is 0.0196. The molecule has 2 unspecified atom stereocenters. The van der Waals surface area contributed by atoms with Gasteiger partial charge >= 0.3 is 12.4 Å². The lowest BCUT2D eigenvalue weighted by molar-refractivity contribution is -0.373. The van der Waals surface area contributed by atoms with E-state index in [4.69, 9.17) is 0 Å². The number of aliphatic hydroxyl groups excluding tert-OH is 2. The average Bonchev–Trinajstić information content (AvgIpc) is 3.35. The molecule has 0 bridgehead atoms. The maximum atomic E-state index is 13.4. The number of hydrogen-bond acceptors (Lipinski definition) is 3. The molecule has 3 saturated carbocycles. The second-order valence-corrected chi connectivity index (χ2v) is 11.0. The van der Waals surface area contributed by atoms with Crippen molar-refractivity contribution < 1.29 is 41.7 Å². The molecule has 0 saturated heterocycles. The van der Waals surface area contributed by atoms with Gasteiger partial charge in [0, 0.05) is 6.42 Å². The molecule has 0 spiro atoms. The zero-order chi connectivity index (χ0) is 25.2. The molecule has 0 aromatic carbocycles. The third-order valence-electron chi connectivity index (χ3n) is 8.58. The summed E-state index contributed by atoms with van der Waals surface area (Å²) in [5.74, 6) is -0.0196. The molecule has 0 aliphatic heterocycles. The molecule has 0 heterocycles. The Bertz CT molecular complexity index is 869. The van der Waals surface area contributed by atoms with Crippen LogP contribution >= 0.6 is 0 Å². The van der Waals surface area contributed by atoms with Crippen LogP contribution in [0.4, 0.5) is 26.3 Å². The van der Waals surface area contributed by atoms with Crippen LogP contribution in [0, 0.1) is 16.7 Å². The standard InChI is InChI=1S/C25H32F6O3/c1-21-8-2-3-16(5-4-15-11-17(32)13-18(33)12-15)19(21)6-7-20(21)22(9-10-22)14-23(34,24(26,27)28)25(29,30)31/h4-5,7,17-19,32-34H,2-3,6,8-14H2,1H3/b15-4-,16-5+/t17?,18-,19?,21+/m1/s1. The summed E-state index contributed by atoms with van der Waals surface area (Å²) in [6.45, 7) is 1.94. The van der Waals surface area contributed by atoms with Crippen molar-refractivity contribution >= 4 is 0 Å². The maximum absolute atomic E-state index is 13.4. The van der Waals surface area contributed by atoms with Crippen LogP contribution in [0.25, 0.3) is 0 Å². The van der Waals surface area contributed by atoms with Crippen molar-refractivity contribution in [2.24, 2.45) is 16.7 Å². The summed E-state index contributed by atoms with van der Waals surface area (Å²) in [7, 11) is 0. The van der Waals surface area contributed by atoms with E-state index < -0.39 is 47.4 Å². The molecule has 4 rings (SSSR count). The fourth-order valence-corrected chi connectivity index (χ4v) is 6.72. The highest BCUT2D eigenvalue weighted by molar-refractivity contribution is 5.40. The highest BCUT2D eigenvalue weighted by atomic mass is 19.4. The summed E-state index contributed by atoms with van der Waals surface area (Å²) < 4.78 is 80.6. The van der Waals surface area contributed by atoms with E-state index in [0.29, 0.717) is 37.7 Å². The van der Waals surface area contributed by atoms with Crippen molar-refractivity contribution in [2.45, 2.75) is 101 Å². The second-order valence-electron chi connectivity index (χ2n) is 11.0. The van der Waals surface area contributed by atoms with Gasteiger partial charge in [0.05, 0.1) is 12.2 Å². The Morgan fingerprint density at radius 1 is 0.971 bits per heavy atom. The summed E-state index contributed by atoms with van der Waals surface area (Å²) in [5, 5.41) is 29.7. The van der Waals surface area contributed by atoms with E-state index >= 15 is 0 Å². The second kappa shape index (κ2) is 8.37. The highest BCUT2D eigenvalue weighted by Crippen LogP contribution is 2.69. The largest absolute Gasteiger partial charge is 0.426 e. The smallest absolute Gasteiger partial charge is 0.393 e. The van der Waals surface area contributed by atoms with Gasteiger partial charge in [0.2, 0.25) is 0 Å². The lowest BCUT2D eigenvalue weighted by atomic mass is 9.60. The third kappa shape index (κ3) is 4.37. The van der Waals surface area contributed by atoms with Crippen LogP contribution in [0.2, 0.25) is 0 Å². The van der Waals surface area contributed by atoms with E-state index in [0.717, 1.165) is 24.0 Å². The Morgan fingerprint density at radius 3 is 2.09 bits per heavy atom. The van der Waals surface area contributed by atoms with Crippen molar-refractivity contribution in [1.29, 1.82) is 0 Å². The van der Waals surface area contributed by atoms with E-state index in [-0.39, 0.29) is 18.8 Å². The molecule has 0 amide bonds. The van der Waals surface area contributed by atoms with Gasteiger partial charge < -0.3 is 15.3 Å². The highest BCUT2D eigenvalue weighted by Gasteiger charge is 2.74. The van der Waals surface area contributed by atoms with Crippen molar-refractivity contribution in [3.8, 4) is 0 Å². The van der Waals surface area contributed by atoms with E-state index in [1.165, 1.54) is 0 Å². The summed E-state index contributed by atoms with van der Waals surface area (Å²) in [6.07, 6.45) is -4.02. The van der Waals surface area contributed by atoms with Crippen LogP contribution in [0.3, 0.4) is 0 Å². The van der Waals surface area contributed by atoms with E-state index in [9.17, 15) is 41.7 Å². The van der Waals surface area contributed by atoms with E-state index in [2.05, 4.69) is 0 Å². The maximum Gasteiger partial charge on any atom is 0.426 e. The normalized spacial score (nSPS) is 36.5. The number of fused-ring (bicyclic) bond motifs is 1. The molecule has 4 aliphatic carbocycles. The fraction of sp³-hybridized carbons (Fsp3) is 0.760. The number of rotatable bonds is 4. The summed E-state index contributed by atoms with van der Waals surface area (Å²) >= 11 is 0. The van der Waals surface area contributed by atoms with Crippen LogP contribution in [-0.2, 0) is 0 Å². The molecule has 3 nitrogen and oxygen atoms in total. The molecule has 3 N–H and O–H groups in total. The molecule has 4 atom stereocenters. The molecule has 192 valence electrons. The monoisotopic (exact) mass is 494 g/mol. The van der Waals surface area contributed by atoms with Crippen LogP contribution in [0.5, 0.6) is 0 Å². The zero-order valence-corrected chi connectivity index (χ0v) is 19.1. The molecular weight excluding hydrogens is 462 g/mol. The van der Waals surface area contributed by atoms with Gasteiger partial charge in [-0.1, -0.05) is 41.9 Å². The number of halogens is 6. The molecule has 0 radical (unpaired) electrons. The average molecular weight is 495 g/mol. The van der Waals surface area contributed by atoms with Crippen LogP contribution in [0.1, 0.15) is 71.1 Å². The SMILES string of the molecule is C[C@]12CCC/C(=C\C=C3\CC(O)C[C@H](O)C3)C1CC=C2C1(CC(O)(C(F)(F)F)C(F)(F)F)CC1. The van der Waals surface area contributed by atoms with Gasteiger partial charge in [0.15, 0.2) is 0 Å². The van der Waals surface area contributed by atoms with Crippen molar-refractivity contribution in [3.63, 3.8) is 0 Å². The molecule has 34 heavy (non-hydrogen) atoms. The number of allylic oxidation sites excluding steroid dienone is 5. The number of alkyl halides is 6. The van der Waals surface area contributed by atoms with Crippen molar-refractivity contribution in [3.05, 3.63) is 34.9 Å². The van der Waals surface area contributed by atoms with Gasteiger partial charge in [0.25, 0.3) is 5.60 Å². The molecule has 3 fully saturated rings. The van der Waals surface area contributed by atoms with Crippen molar-refractivity contribution in [2.75, 3.05) is 0 Å². The first-order valence-corrected chi connectivity index (χ1v) is 11.9. The minimum atomic E-state index is -5.81. The van der Waals surface area contributed by atoms with Gasteiger partial charge in [-0.3, -0.25) is 0 Å². The first-order chi connectivity index (χ1) is 15.6. The Labute approximate surface area is 195 Å². The lowest BCUT2D eigenvalue weighted by Gasteiger charge is -2.45. The van der Waals surface area contributed by atoms with Crippen molar-refractivity contribution in [1.82, 2.24) is 0 Å². The third-order valence-corrected chi connectivity index (χ3v) is 8.58. The molecule has 9 heteroatoms. The zero-order valence-electron chi connectivity index (χ0n) is 19.1. The Kier molecular flexibility index (Phi) is 6.34. The van der Waals surface area contributed by atoms with Crippen LogP contribution in [0.15, 0.2) is 34.9 Å². The predicted octanol–water partition coefficient (Wildman–Crippen LogP) is 5.91. The van der Waals surface area contributed by atoms with Gasteiger partial charge in [0.1, 0.15) is 0 Å². The first kappa shape index (κ1) is 25.8. The number of aliphatic hydroxyl groups is 3. The summed E-state index contributed by atoms with van der Waals surface area (Å²) in [4.78, 5) is 0. The lowest BCUT2D eigenvalue weighted by Crippen LogP contribution is -2.58. The van der Waals surface area contributed by atoms with Crippen LogP contribution < -0.4 is 0 Å². The topological polar surface area (TPSA) is 60.7 Å². The van der Waals surface area contributed by atoms with Gasteiger partial charge in [-0.2, -0.15) is 26.3 Å². The minimum Gasteiger partial charge on any atom is -0.393 e. The van der Waals surface area contributed by atoms with E-state index in [1.807, 2.05) is 25.2 Å². The van der Waals surface area contributed by atoms with Gasteiger partial charge in [-0.15, -0.1) is 0 Å². The molecule has 0 aromatic heterocycles. The summed E-state index contributed by atoms with van der Waals surface area (Å²) in [6, 6.07) is 0. The predicted molar refractivity (Wildman–Crippen MR) is 114 cm³/mol. The summed E-state index contributed by atoms with van der Waals surface area (Å²) in [5.41, 5.74) is -3.91. The fourth-order valence-electron chi connectivity index (χ4n) is 6.72. The van der Waals surface area contributed by atoms with Gasteiger partial charge in [-0.05, 0) is 74.5 Å². The van der Waals surface area contributed by atoms with Gasteiger partial charge in [-0.25, -0.2) is 0 Å². The molecule has 4 aliphatic rings. The molecular formula is C25H32F6O3. The Morgan fingerprint density at radius 2 is 1.56 bits per heavy atom. The van der Waals surface area contributed by atoms with E-state index in [1.54, 1.807) is 0 Å². The number of hydrogen-bond donors (Lipinski definition) is 3. The Balaban J connectivity index is 1.58. The molecule has 0 aromatic rings. The van der Waals surface area contributed by atoms with Crippen LogP contribution in [-0.4, -0.2) is 45.5 Å². The quantitative estimate of drug-likeness (QED) is 0.337.